The van der Waals surface area contributed by atoms with Gasteiger partial charge in [-0.2, -0.15) is 0 Å². The van der Waals surface area contributed by atoms with Gasteiger partial charge in [0.25, 0.3) is 0 Å². The highest BCUT2D eigenvalue weighted by molar-refractivity contribution is 14.0. The van der Waals surface area contributed by atoms with Crippen LogP contribution in [0.2, 0.25) is 0 Å². The minimum absolute atomic E-state index is 0. The van der Waals surface area contributed by atoms with Crippen LogP contribution in [0.3, 0.4) is 0 Å². The van der Waals surface area contributed by atoms with E-state index in [-0.39, 0.29) is 30.1 Å². The minimum Gasteiger partial charge on any atom is -0.375 e. The normalized spacial score (nSPS) is 12.6. The van der Waals surface area contributed by atoms with E-state index < -0.39 is 0 Å². The van der Waals surface area contributed by atoms with E-state index in [2.05, 4.69) is 50.7 Å². The van der Waals surface area contributed by atoms with Gasteiger partial charge in [-0.3, -0.25) is 0 Å². The van der Waals surface area contributed by atoms with Gasteiger partial charge in [0, 0.05) is 37.3 Å². The van der Waals surface area contributed by atoms with Crippen LogP contribution in [0, 0.1) is 0 Å². The van der Waals surface area contributed by atoms with Crippen LogP contribution in [-0.4, -0.2) is 41.5 Å². The van der Waals surface area contributed by atoms with Crippen molar-refractivity contribution in [2.75, 3.05) is 20.7 Å². The summed E-state index contributed by atoms with van der Waals surface area (Å²) < 4.78 is 5.35. The standard InChI is InChI=1S/C20H27N5OS.HI/c1-5-21-20(22-11-16-10-15-8-6-7-9-18(15)23-16)25(3)12-17-13-27-19(24-17)14(2)26-4;/h6-10,13-14,23H,5,11-12H2,1-4H3,(H,21,22);1H. The molecule has 1 unspecified atom stereocenters. The zero-order chi connectivity index (χ0) is 19.2. The maximum Gasteiger partial charge on any atom is 0.194 e. The van der Waals surface area contributed by atoms with E-state index in [4.69, 9.17) is 9.73 Å². The number of H-pyrrole nitrogens is 1. The second-order valence-electron chi connectivity index (χ2n) is 6.46. The molecule has 0 bridgehead atoms. The van der Waals surface area contributed by atoms with Crippen molar-refractivity contribution in [3.8, 4) is 0 Å². The highest BCUT2D eigenvalue weighted by Crippen LogP contribution is 2.21. The first-order valence-corrected chi connectivity index (χ1v) is 10.0. The molecule has 1 aromatic carbocycles. The van der Waals surface area contributed by atoms with Gasteiger partial charge in [-0.05, 0) is 31.4 Å². The fourth-order valence-electron chi connectivity index (χ4n) is 2.85. The van der Waals surface area contributed by atoms with Crippen molar-refractivity contribution in [3.05, 3.63) is 52.1 Å². The summed E-state index contributed by atoms with van der Waals surface area (Å²) in [6.45, 7) is 6.21. The number of aromatic nitrogens is 2. The van der Waals surface area contributed by atoms with Gasteiger partial charge in [-0.25, -0.2) is 9.98 Å². The van der Waals surface area contributed by atoms with Crippen LogP contribution >= 0.6 is 35.3 Å². The Bertz CT molecular complexity index is 874. The molecule has 0 aliphatic carbocycles. The molecule has 0 aliphatic rings. The lowest BCUT2D eigenvalue weighted by Crippen LogP contribution is -2.38. The maximum absolute atomic E-state index is 5.35. The molecule has 0 saturated heterocycles. The first-order chi connectivity index (χ1) is 13.1. The summed E-state index contributed by atoms with van der Waals surface area (Å²) in [5, 5.41) is 7.66. The topological polar surface area (TPSA) is 65.5 Å². The van der Waals surface area contributed by atoms with Gasteiger partial charge in [0.15, 0.2) is 5.96 Å². The number of ether oxygens (including phenoxy) is 1. The second-order valence-corrected chi connectivity index (χ2v) is 7.35. The number of fused-ring (bicyclic) bond motifs is 1. The molecule has 152 valence electrons. The molecule has 28 heavy (non-hydrogen) atoms. The van der Waals surface area contributed by atoms with Gasteiger partial charge >= 0.3 is 0 Å². The Labute approximate surface area is 187 Å². The Balaban J connectivity index is 0.00000280. The molecule has 2 heterocycles. The van der Waals surface area contributed by atoms with Gasteiger partial charge in [-0.1, -0.05) is 18.2 Å². The average Bonchev–Trinajstić information content (AvgIpc) is 3.30. The average molecular weight is 513 g/mol. The summed E-state index contributed by atoms with van der Waals surface area (Å²) in [6, 6.07) is 10.4. The number of para-hydroxylation sites is 1. The zero-order valence-corrected chi connectivity index (χ0v) is 19.9. The number of nitrogens with one attached hydrogen (secondary N) is 2. The summed E-state index contributed by atoms with van der Waals surface area (Å²) in [7, 11) is 3.74. The van der Waals surface area contributed by atoms with Gasteiger partial charge in [-0.15, -0.1) is 35.3 Å². The molecule has 3 aromatic rings. The van der Waals surface area contributed by atoms with Crippen LogP contribution in [0.1, 0.15) is 36.3 Å². The van der Waals surface area contributed by atoms with Crippen molar-refractivity contribution in [2.24, 2.45) is 4.99 Å². The predicted molar refractivity (Wildman–Crippen MR) is 128 cm³/mol. The predicted octanol–water partition coefficient (Wildman–Crippen LogP) is 4.55. The van der Waals surface area contributed by atoms with E-state index in [1.54, 1.807) is 18.4 Å². The summed E-state index contributed by atoms with van der Waals surface area (Å²) in [4.78, 5) is 15.0. The van der Waals surface area contributed by atoms with E-state index in [0.717, 1.165) is 34.4 Å². The summed E-state index contributed by atoms with van der Waals surface area (Å²) >= 11 is 1.63. The number of guanidine groups is 1. The Hall–Kier alpha value is -1.65. The van der Waals surface area contributed by atoms with Crippen LogP contribution in [-0.2, 0) is 17.8 Å². The smallest absolute Gasteiger partial charge is 0.194 e. The molecule has 0 saturated carbocycles. The fourth-order valence-corrected chi connectivity index (χ4v) is 3.69. The molecular weight excluding hydrogens is 485 g/mol. The summed E-state index contributed by atoms with van der Waals surface area (Å²) in [5.41, 5.74) is 3.27. The number of halogens is 1. The number of aromatic amines is 1. The van der Waals surface area contributed by atoms with Crippen molar-refractivity contribution in [2.45, 2.75) is 33.0 Å². The molecular formula is C20H28IN5OS. The van der Waals surface area contributed by atoms with Crippen molar-refractivity contribution in [1.29, 1.82) is 0 Å². The van der Waals surface area contributed by atoms with E-state index in [0.29, 0.717) is 13.1 Å². The highest BCUT2D eigenvalue weighted by atomic mass is 127. The third-order valence-electron chi connectivity index (χ3n) is 4.35. The summed E-state index contributed by atoms with van der Waals surface area (Å²) in [5.74, 6) is 0.866. The molecule has 3 rings (SSSR count). The van der Waals surface area contributed by atoms with Gasteiger partial charge in [0.05, 0.1) is 18.8 Å². The second kappa shape index (κ2) is 10.8. The van der Waals surface area contributed by atoms with Crippen molar-refractivity contribution < 1.29 is 4.74 Å². The Morgan fingerprint density at radius 1 is 1.39 bits per heavy atom. The molecule has 6 nitrogen and oxygen atoms in total. The van der Waals surface area contributed by atoms with Gasteiger partial charge in [0.1, 0.15) is 11.1 Å². The lowest BCUT2D eigenvalue weighted by atomic mass is 10.2. The third-order valence-corrected chi connectivity index (χ3v) is 5.41. The van der Waals surface area contributed by atoms with Gasteiger partial charge < -0.3 is 19.9 Å². The molecule has 8 heteroatoms. The highest BCUT2D eigenvalue weighted by Gasteiger charge is 2.13. The number of rotatable bonds is 7. The molecule has 1 atom stereocenters. The van der Waals surface area contributed by atoms with Crippen LogP contribution in [0.5, 0.6) is 0 Å². The first kappa shape index (κ1) is 22.6. The van der Waals surface area contributed by atoms with Crippen LogP contribution in [0.25, 0.3) is 10.9 Å². The van der Waals surface area contributed by atoms with E-state index >= 15 is 0 Å². The third kappa shape index (κ3) is 5.68. The summed E-state index contributed by atoms with van der Waals surface area (Å²) in [6.07, 6.45) is 0.0259. The number of methoxy groups -OCH3 is 1. The van der Waals surface area contributed by atoms with E-state index in [1.807, 2.05) is 26.1 Å². The number of nitrogens with zero attached hydrogens (tertiary/aromatic N) is 3. The number of aliphatic imine (C=N–C) groups is 1. The monoisotopic (exact) mass is 513 g/mol. The lowest BCUT2D eigenvalue weighted by molar-refractivity contribution is 0.119. The largest absolute Gasteiger partial charge is 0.375 e. The first-order valence-electron chi connectivity index (χ1n) is 9.14. The molecule has 2 N–H and O–H groups in total. The molecule has 0 aliphatic heterocycles. The van der Waals surface area contributed by atoms with Crippen molar-refractivity contribution in [1.82, 2.24) is 20.2 Å². The Morgan fingerprint density at radius 3 is 2.89 bits per heavy atom. The van der Waals surface area contributed by atoms with Gasteiger partial charge in [0.2, 0.25) is 0 Å². The van der Waals surface area contributed by atoms with Crippen molar-refractivity contribution >= 4 is 52.2 Å². The number of hydrogen-bond donors (Lipinski definition) is 2. The minimum atomic E-state index is 0. The van der Waals surface area contributed by atoms with E-state index in [9.17, 15) is 0 Å². The lowest BCUT2D eigenvalue weighted by Gasteiger charge is -2.21. The van der Waals surface area contributed by atoms with Crippen LogP contribution in [0.15, 0.2) is 40.7 Å². The Morgan fingerprint density at radius 2 is 2.18 bits per heavy atom. The number of thiazole rings is 1. The van der Waals surface area contributed by atoms with E-state index in [1.165, 1.54) is 5.39 Å². The maximum atomic E-state index is 5.35. The molecule has 0 spiro atoms. The molecule has 0 radical (unpaired) electrons. The number of hydrogen-bond acceptors (Lipinski definition) is 4. The number of benzene rings is 1. The van der Waals surface area contributed by atoms with Crippen LogP contribution in [0.4, 0.5) is 0 Å². The zero-order valence-electron chi connectivity index (χ0n) is 16.7. The Kier molecular flexibility index (Phi) is 8.71. The molecule has 0 fully saturated rings. The van der Waals surface area contributed by atoms with Crippen LogP contribution < -0.4 is 5.32 Å². The fraction of sp³-hybridized carbons (Fsp3) is 0.400. The quantitative estimate of drug-likeness (QED) is 0.277. The molecule has 2 aromatic heterocycles. The SMILES string of the molecule is CCNC(=NCc1cc2ccccc2[nH]1)N(C)Cc1csc(C(C)OC)n1.I. The van der Waals surface area contributed by atoms with Crippen molar-refractivity contribution in [3.63, 3.8) is 0 Å². The molecule has 0 amide bonds.